The van der Waals surface area contributed by atoms with Crippen LogP contribution >= 0.6 is 0 Å². The standard InChI is InChI=1S/C19H21N5O2/c20-17-15-16(21-7-8-26-18(15)23-19(25)22-17)14-9-12-3-1-2-4-13(12)24(14)10-11-5-6-11/h1-4,9,11,16,21H,5-8,10H2,(H3,20,22,23,25). The molecule has 134 valence electrons. The Morgan fingerprint density at radius 3 is 3.00 bits per heavy atom. The summed E-state index contributed by atoms with van der Waals surface area (Å²) in [6.45, 7) is 2.09. The highest BCUT2D eigenvalue weighted by Crippen LogP contribution is 2.38. The topological polar surface area (TPSA) is 98.0 Å². The molecule has 7 nitrogen and oxygen atoms in total. The number of hydrogen-bond donors (Lipinski definition) is 3. The highest BCUT2D eigenvalue weighted by molar-refractivity contribution is 5.82. The van der Waals surface area contributed by atoms with Gasteiger partial charge in [0.1, 0.15) is 12.4 Å². The minimum absolute atomic E-state index is 0.178. The van der Waals surface area contributed by atoms with Gasteiger partial charge in [0.25, 0.3) is 0 Å². The molecule has 0 amide bonds. The minimum Gasteiger partial charge on any atom is -0.476 e. The summed E-state index contributed by atoms with van der Waals surface area (Å²) in [6, 6.07) is 10.4. The number of anilines is 1. The van der Waals surface area contributed by atoms with Gasteiger partial charge in [0.15, 0.2) is 0 Å². The summed E-state index contributed by atoms with van der Waals surface area (Å²) in [7, 11) is 0. The van der Waals surface area contributed by atoms with E-state index in [4.69, 9.17) is 10.5 Å². The number of nitrogens with one attached hydrogen (secondary N) is 2. The molecule has 1 atom stereocenters. The van der Waals surface area contributed by atoms with Crippen LogP contribution in [0.5, 0.6) is 5.88 Å². The quantitative estimate of drug-likeness (QED) is 0.668. The Bertz CT molecular complexity index is 1030. The van der Waals surface area contributed by atoms with E-state index in [1.165, 1.54) is 23.7 Å². The first-order valence-electron chi connectivity index (χ1n) is 9.05. The third kappa shape index (κ3) is 2.55. The molecule has 1 saturated carbocycles. The van der Waals surface area contributed by atoms with Crippen LogP contribution in [0.3, 0.4) is 0 Å². The Balaban J connectivity index is 1.72. The lowest BCUT2D eigenvalue weighted by Gasteiger charge is -2.21. The van der Waals surface area contributed by atoms with Crippen molar-refractivity contribution in [2.24, 2.45) is 5.92 Å². The van der Waals surface area contributed by atoms with Crippen molar-refractivity contribution in [3.63, 3.8) is 0 Å². The van der Waals surface area contributed by atoms with Gasteiger partial charge in [-0.25, -0.2) is 4.79 Å². The zero-order valence-electron chi connectivity index (χ0n) is 14.4. The fourth-order valence-corrected chi connectivity index (χ4v) is 3.81. The van der Waals surface area contributed by atoms with E-state index in [0.29, 0.717) is 30.4 Å². The number of para-hydroxylation sites is 1. The maximum atomic E-state index is 11.7. The van der Waals surface area contributed by atoms with Crippen molar-refractivity contribution in [2.45, 2.75) is 25.4 Å². The third-order valence-corrected chi connectivity index (χ3v) is 5.22. The SMILES string of the molecule is Nc1[nH]c(=O)nc2c1C(c1cc3ccccc3n1CC1CC1)NCCO2. The monoisotopic (exact) mass is 351 g/mol. The fraction of sp³-hybridized carbons (Fsp3) is 0.368. The van der Waals surface area contributed by atoms with E-state index in [2.05, 4.69) is 50.2 Å². The molecule has 3 aromatic rings. The summed E-state index contributed by atoms with van der Waals surface area (Å²) < 4.78 is 8.07. The van der Waals surface area contributed by atoms with Crippen LogP contribution in [0.25, 0.3) is 10.9 Å². The smallest absolute Gasteiger partial charge is 0.349 e. The molecule has 1 aromatic carbocycles. The largest absolute Gasteiger partial charge is 0.476 e. The van der Waals surface area contributed by atoms with Crippen molar-refractivity contribution >= 4 is 16.7 Å². The number of nitrogen functional groups attached to an aromatic ring is 1. The van der Waals surface area contributed by atoms with Crippen molar-refractivity contribution in [1.29, 1.82) is 0 Å². The molecule has 7 heteroatoms. The zero-order chi connectivity index (χ0) is 17.7. The fourth-order valence-electron chi connectivity index (χ4n) is 3.81. The highest BCUT2D eigenvalue weighted by Gasteiger charge is 2.31. The number of fused-ring (bicyclic) bond motifs is 2. The average Bonchev–Trinajstić information content (AvgIpc) is 3.39. The van der Waals surface area contributed by atoms with E-state index in [1.807, 2.05) is 0 Å². The van der Waals surface area contributed by atoms with Crippen LogP contribution in [-0.4, -0.2) is 27.7 Å². The van der Waals surface area contributed by atoms with Crippen LogP contribution in [0, 0.1) is 5.92 Å². The molecule has 3 heterocycles. The first-order chi connectivity index (χ1) is 12.7. The second-order valence-electron chi connectivity index (χ2n) is 7.09. The number of hydrogen-bond acceptors (Lipinski definition) is 5. The zero-order valence-corrected chi connectivity index (χ0v) is 14.4. The molecule has 1 aliphatic carbocycles. The molecule has 5 rings (SSSR count). The second kappa shape index (κ2) is 5.88. The number of ether oxygens (including phenoxy) is 1. The lowest BCUT2D eigenvalue weighted by atomic mass is 10.0. The van der Waals surface area contributed by atoms with Crippen molar-refractivity contribution in [3.8, 4) is 5.88 Å². The Morgan fingerprint density at radius 2 is 2.15 bits per heavy atom. The molecule has 0 radical (unpaired) electrons. The van der Waals surface area contributed by atoms with Crippen molar-refractivity contribution in [3.05, 3.63) is 52.1 Å². The number of H-pyrrole nitrogens is 1. The summed E-state index contributed by atoms with van der Waals surface area (Å²) in [4.78, 5) is 18.3. The molecule has 0 spiro atoms. The maximum absolute atomic E-state index is 11.7. The van der Waals surface area contributed by atoms with Crippen LogP contribution in [0.4, 0.5) is 5.82 Å². The normalized spacial score (nSPS) is 19.8. The molecule has 4 N–H and O–H groups in total. The molecule has 1 fully saturated rings. The van der Waals surface area contributed by atoms with Gasteiger partial charge >= 0.3 is 5.69 Å². The van der Waals surface area contributed by atoms with E-state index in [-0.39, 0.29) is 6.04 Å². The number of nitrogens with two attached hydrogens (primary N) is 1. The van der Waals surface area contributed by atoms with Crippen LogP contribution < -0.4 is 21.5 Å². The molecule has 1 aliphatic heterocycles. The lowest BCUT2D eigenvalue weighted by Crippen LogP contribution is -2.27. The van der Waals surface area contributed by atoms with E-state index < -0.39 is 5.69 Å². The van der Waals surface area contributed by atoms with Gasteiger partial charge in [-0.2, -0.15) is 4.98 Å². The van der Waals surface area contributed by atoms with Gasteiger partial charge in [0.2, 0.25) is 5.88 Å². The van der Waals surface area contributed by atoms with Crippen LogP contribution in [0.2, 0.25) is 0 Å². The Morgan fingerprint density at radius 1 is 1.31 bits per heavy atom. The summed E-state index contributed by atoms with van der Waals surface area (Å²) in [6.07, 6.45) is 2.56. The molecular formula is C19H21N5O2. The molecule has 0 bridgehead atoms. The highest BCUT2D eigenvalue weighted by atomic mass is 16.5. The first kappa shape index (κ1) is 15.5. The van der Waals surface area contributed by atoms with Gasteiger partial charge in [-0.15, -0.1) is 0 Å². The third-order valence-electron chi connectivity index (χ3n) is 5.22. The number of nitrogens with zero attached hydrogens (tertiary/aromatic N) is 2. The van der Waals surface area contributed by atoms with Crippen LogP contribution in [0.15, 0.2) is 35.1 Å². The second-order valence-corrected chi connectivity index (χ2v) is 7.09. The number of aromatic nitrogens is 3. The number of benzene rings is 1. The van der Waals surface area contributed by atoms with Gasteiger partial charge in [-0.3, -0.25) is 4.98 Å². The molecule has 26 heavy (non-hydrogen) atoms. The molecule has 2 aliphatic rings. The summed E-state index contributed by atoms with van der Waals surface area (Å²) >= 11 is 0. The molecule has 0 saturated heterocycles. The minimum atomic E-state index is -0.486. The van der Waals surface area contributed by atoms with Gasteiger partial charge in [0.05, 0.1) is 11.6 Å². The van der Waals surface area contributed by atoms with Crippen molar-refractivity contribution in [1.82, 2.24) is 19.9 Å². The van der Waals surface area contributed by atoms with E-state index in [0.717, 1.165) is 18.2 Å². The molecule has 2 aromatic heterocycles. The van der Waals surface area contributed by atoms with E-state index >= 15 is 0 Å². The average molecular weight is 351 g/mol. The summed E-state index contributed by atoms with van der Waals surface area (Å²) in [5, 5.41) is 4.72. The van der Waals surface area contributed by atoms with Crippen molar-refractivity contribution in [2.75, 3.05) is 18.9 Å². The molecule has 1 unspecified atom stereocenters. The maximum Gasteiger partial charge on any atom is 0.349 e. The Hall–Kier alpha value is -2.80. The Kier molecular flexibility index (Phi) is 3.49. The first-order valence-corrected chi connectivity index (χ1v) is 9.05. The van der Waals surface area contributed by atoms with Gasteiger partial charge < -0.3 is 20.4 Å². The molecular weight excluding hydrogens is 330 g/mol. The number of aromatic amines is 1. The predicted molar refractivity (Wildman–Crippen MR) is 99.3 cm³/mol. The van der Waals surface area contributed by atoms with Crippen LogP contribution in [-0.2, 0) is 6.54 Å². The van der Waals surface area contributed by atoms with Gasteiger partial charge in [-0.1, -0.05) is 18.2 Å². The summed E-state index contributed by atoms with van der Waals surface area (Å²) in [5.41, 5.74) is 8.75. The predicted octanol–water partition coefficient (Wildman–Crippen LogP) is 1.79. The lowest BCUT2D eigenvalue weighted by molar-refractivity contribution is 0.312. The van der Waals surface area contributed by atoms with Crippen LogP contribution in [0.1, 0.15) is 30.1 Å². The Labute approximate surface area is 150 Å². The summed E-state index contributed by atoms with van der Waals surface area (Å²) in [5.74, 6) is 1.37. The van der Waals surface area contributed by atoms with E-state index in [9.17, 15) is 4.79 Å². The number of rotatable bonds is 3. The van der Waals surface area contributed by atoms with Crippen molar-refractivity contribution < 1.29 is 4.74 Å². The van der Waals surface area contributed by atoms with Gasteiger partial charge in [-0.05, 0) is 36.3 Å². The van der Waals surface area contributed by atoms with E-state index in [1.54, 1.807) is 0 Å². The van der Waals surface area contributed by atoms with Gasteiger partial charge in [0, 0.05) is 24.3 Å².